The highest BCUT2D eigenvalue weighted by Crippen LogP contribution is 2.08. The fraction of sp³-hybridized carbons (Fsp3) is 0.300. The molecular weight excluding hydrogens is 194 g/mol. The molecule has 0 saturated heterocycles. The lowest BCUT2D eigenvalue weighted by atomic mass is 10.2. The van der Waals surface area contributed by atoms with Crippen molar-refractivity contribution in [1.82, 2.24) is 14.9 Å². The smallest absolute Gasteiger partial charge is 0.154 e. The molecule has 0 unspecified atom stereocenters. The zero-order valence-electron chi connectivity index (χ0n) is 8.71. The lowest BCUT2D eigenvalue weighted by molar-refractivity contribution is -0.103. The van der Waals surface area contributed by atoms with Gasteiger partial charge in [0.15, 0.2) is 12.1 Å². The van der Waals surface area contributed by atoms with Gasteiger partial charge in [-0.3, -0.25) is 4.79 Å². The van der Waals surface area contributed by atoms with Crippen molar-refractivity contribution in [2.75, 3.05) is 14.1 Å². The van der Waals surface area contributed by atoms with Crippen LogP contribution in [-0.2, 0) is 11.4 Å². The SMILES string of the molecule is CN(C)C=C(C=O)c1ccnc(CO)n1. The fourth-order valence-electron chi connectivity index (χ4n) is 1.07. The topological polar surface area (TPSA) is 66.3 Å². The molecule has 0 fully saturated rings. The number of hydrogen-bond donors (Lipinski definition) is 1. The van der Waals surface area contributed by atoms with Crippen molar-refractivity contribution in [2.45, 2.75) is 6.61 Å². The summed E-state index contributed by atoms with van der Waals surface area (Å²) >= 11 is 0. The van der Waals surface area contributed by atoms with Crippen LogP contribution in [0.15, 0.2) is 18.5 Å². The van der Waals surface area contributed by atoms with E-state index in [0.29, 0.717) is 17.1 Å². The minimum atomic E-state index is -0.234. The molecule has 5 nitrogen and oxygen atoms in total. The fourth-order valence-corrected chi connectivity index (χ4v) is 1.07. The Bertz CT molecular complexity index is 375. The third-order valence-corrected chi connectivity index (χ3v) is 1.67. The second-order valence-electron chi connectivity index (χ2n) is 3.18. The minimum Gasteiger partial charge on any atom is -0.388 e. The summed E-state index contributed by atoms with van der Waals surface area (Å²) in [4.78, 5) is 20.4. The van der Waals surface area contributed by atoms with Crippen molar-refractivity contribution in [1.29, 1.82) is 0 Å². The van der Waals surface area contributed by atoms with E-state index in [1.807, 2.05) is 14.1 Å². The maximum absolute atomic E-state index is 10.8. The Morgan fingerprint density at radius 3 is 2.87 bits per heavy atom. The lowest BCUT2D eigenvalue weighted by Gasteiger charge is -2.07. The molecule has 1 N–H and O–H groups in total. The second kappa shape index (κ2) is 5.21. The molecule has 1 aromatic heterocycles. The monoisotopic (exact) mass is 207 g/mol. The highest BCUT2D eigenvalue weighted by molar-refractivity contribution is 6.05. The standard InChI is InChI=1S/C10H13N3O2/c1-13(2)5-8(6-14)9-3-4-11-10(7-15)12-9/h3-6,15H,7H2,1-2H3. The number of carbonyl (C=O) groups is 1. The number of aliphatic hydroxyl groups is 1. The highest BCUT2D eigenvalue weighted by Gasteiger charge is 2.04. The van der Waals surface area contributed by atoms with E-state index in [1.54, 1.807) is 17.2 Å². The molecule has 0 radical (unpaired) electrons. The Hall–Kier alpha value is -1.75. The molecule has 0 bridgehead atoms. The molecule has 0 amide bonds. The van der Waals surface area contributed by atoms with Gasteiger partial charge in [-0.25, -0.2) is 9.97 Å². The van der Waals surface area contributed by atoms with Crippen LogP contribution in [0.5, 0.6) is 0 Å². The number of nitrogens with zero attached hydrogens (tertiary/aromatic N) is 3. The van der Waals surface area contributed by atoms with Crippen molar-refractivity contribution in [3.63, 3.8) is 0 Å². The number of carbonyl (C=O) groups excluding carboxylic acids is 1. The number of rotatable bonds is 4. The summed E-state index contributed by atoms with van der Waals surface area (Å²) in [5.74, 6) is 0.305. The normalized spacial score (nSPS) is 11.3. The molecule has 1 rings (SSSR count). The lowest BCUT2D eigenvalue weighted by Crippen LogP contribution is -2.05. The Morgan fingerprint density at radius 2 is 2.33 bits per heavy atom. The summed E-state index contributed by atoms with van der Waals surface area (Å²) in [5.41, 5.74) is 0.967. The molecule has 1 aromatic rings. The number of hydrogen-bond acceptors (Lipinski definition) is 5. The molecule has 15 heavy (non-hydrogen) atoms. The van der Waals surface area contributed by atoms with Crippen LogP contribution in [0.25, 0.3) is 5.57 Å². The van der Waals surface area contributed by atoms with Crippen LogP contribution in [-0.4, -0.2) is 40.4 Å². The minimum absolute atomic E-state index is 0.234. The van der Waals surface area contributed by atoms with Crippen LogP contribution in [0.4, 0.5) is 0 Å². The van der Waals surface area contributed by atoms with Crippen LogP contribution in [0.2, 0.25) is 0 Å². The Labute approximate surface area is 88.1 Å². The van der Waals surface area contributed by atoms with Gasteiger partial charge in [0.1, 0.15) is 6.61 Å². The van der Waals surface area contributed by atoms with Gasteiger partial charge in [0, 0.05) is 26.5 Å². The molecule has 5 heteroatoms. The van der Waals surface area contributed by atoms with Crippen molar-refractivity contribution >= 4 is 11.9 Å². The van der Waals surface area contributed by atoms with E-state index in [0.717, 1.165) is 6.29 Å². The number of aldehydes is 1. The van der Waals surface area contributed by atoms with Crippen LogP contribution in [0, 0.1) is 0 Å². The third-order valence-electron chi connectivity index (χ3n) is 1.67. The van der Waals surface area contributed by atoms with Crippen molar-refractivity contribution in [3.05, 3.63) is 30.0 Å². The molecule has 0 spiro atoms. The zero-order chi connectivity index (χ0) is 11.3. The highest BCUT2D eigenvalue weighted by atomic mass is 16.3. The van der Waals surface area contributed by atoms with Gasteiger partial charge in [-0.2, -0.15) is 0 Å². The van der Waals surface area contributed by atoms with Crippen LogP contribution < -0.4 is 0 Å². The first-order valence-corrected chi connectivity index (χ1v) is 4.44. The van der Waals surface area contributed by atoms with E-state index in [4.69, 9.17) is 5.11 Å². The van der Waals surface area contributed by atoms with Gasteiger partial charge in [0.25, 0.3) is 0 Å². The third kappa shape index (κ3) is 3.14. The second-order valence-corrected chi connectivity index (χ2v) is 3.18. The molecule has 0 aromatic carbocycles. The largest absolute Gasteiger partial charge is 0.388 e. The average Bonchev–Trinajstić information content (AvgIpc) is 2.25. The Kier molecular flexibility index (Phi) is 3.93. The predicted octanol–water partition coefficient (Wildman–Crippen LogP) is 0.0703. The zero-order valence-corrected chi connectivity index (χ0v) is 8.71. The van der Waals surface area contributed by atoms with E-state index in [2.05, 4.69) is 9.97 Å². The van der Waals surface area contributed by atoms with Gasteiger partial charge in [0.2, 0.25) is 0 Å². The molecular formula is C10H13N3O2. The van der Waals surface area contributed by atoms with Gasteiger partial charge in [-0.05, 0) is 6.07 Å². The molecule has 0 aliphatic carbocycles. The van der Waals surface area contributed by atoms with E-state index < -0.39 is 0 Å². The summed E-state index contributed by atoms with van der Waals surface area (Å²) in [7, 11) is 3.63. The molecule has 0 aliphatic rings. The first kappa shape index (κ1) is 11.3. The molecule has 0 saturated carbocycles. The number of aromatic nitrogens is 2. The van der Waals surface area contributed by atoms with Crippen LogP contribution in [0.1, 0.15) is 11.5 Å². The van der Waals surface area contributed by atoms with Gasteiger partial charge in [-0.1, -0.05) is 0 Å². The maximum atomic E-state index is 10.8. The number of aliphatic hydroxyl groups excluding tert-OH is 1. The van der Waals surface area contributed by atoms with Gasteiger partial charge < -0.3 is 10.0 Å². The van der Waals surface area contributed by atoms with Gasteiger partial charge >= 0.3 is 0 Å². The predicted molar refractivity (Wildman–Crippen MR) is 55.7 cm³/mol. The van der Waals surface area contributed by atoms with Gasteiger partial charge in [0.05, 0.1) is 11.3 Å². The van der Waals surface area contributed by atoms with E-state index in [9.17, 15) is 4.79 Å². The quantitative estimate of drug-likeness (QED) is 0.559. The van der Waals surface area contributed by atoms with E-state index >= 15 is 0 Å². The van der Waals surface area contributed by atoms with Crippen LogP contribution in [0.3, 0.4) is 0 Å². The molecule has 0 atom stereocenters. The summed E-state index contributed by atoms with van der Waals surface area (Å²) < 4.78 is 0. The van der Waals surface area contributed by atoms with Crippen molar-refractivity contribution in [3.8, 4) is 0 Å². The summed E-state index contributed by atoms with van der Waals surface area (Å²) in [6, 6.07) is 1.63. The molecule has 0 aliphatic heterocycles. The van der Waals surface area contributed by atoms with E-state index in [1.165, 1.54) is 6.20 Å². The summed E-state index contributed by atoms with van der Waals surface area (Å²) in [6.07, 6.45) is 3.90. The number of allylic oxidation sites excluding steroid dienone is 1. The average molecular weight is 207 g/mol. The Balaban J connectivity index is 3.07. The molecule has 1 heterocycles. The molecule has 80 valence electrons. The van der Waals surface area contributed by atoms with E-state index in [-0.39, 0.29) is 6.61 Å². The summed E-state index contributed by atoms with van der Waals surface area (Å²) in [6.45, 7) is -0.234. The summed E-state index contributed by atoms with van der Waals surface area (Å²) in [5, 5.41) is 8.86. The Morgan fingerprint density at radius 1 is 1.60 bits per heavy atom. The van der Waals surface area contributed by atoms with Gasteiger partial charge in [-0.15, -0.1) is 0 Å². The first-order chi connectivity index (χ1) is 7.17. The first-order valence-electron chi connectivity index (χ1n) is 4.44. The maximum Gasteiger partial charge on any atom is 0.154 e. The van der Waals surface area contributed by atoms with Crippen molar-refractivity contribution in [2.24, 2.45) is 0 Å². The van der Waals surface area contributed by atoms with Crippen LogP contribution >= 0.6 is 0 Å². The van der Waals surface area contributed by atoms with Crippen molar-refractivity contribution < 1.29 is 9.90 Å².